The van der Waals surface area contributed by atoms with Crippen LogP contribution in [0.15, 0.2) is 189 Å². The molecule has 0 aliphatic carbocycles. The molecule has 9 rings (SSSR count). The molecule has 3 aliphatic rings. The number of fused-ring (bicyclic) bond motifs is 6. The molecule has 3 aliphatic heterocycles. The molecule has 0 saturated carbocycles. The number of hydrogen-bond acceptors (Lipinski definition) is 4. The Labute approximate surface area is 306 Å². The van der Waals surface area contributed by atoms with Crippen LogP contribution in [0.3, 0.4) is 0 Å². The summed E-state index contributed by atoms with van der Waals surface area (Å²) in [5.74, 6) is 1.02. The van der Waals surface area contributed by atoms with Gasteiger partial charge in [-0.15, -0.1) is 6.58 Å². The third kappa shape index (κ3) is 5.75. The highest BCUT2D eigenvalue weighted by Crippen LogP contribution is 2.44. The van der Waals surface area contributed by atoms with Crippen LogP contribution < -0.4 is 20.4 Å². The van der Waals surface area contributed by atoms with Gasteiger partial charge in [0.1, 0.15) is 12.0 Å². The van der Waals surface area contributed by atoms with E-state index >= 15 is 0 Å². The van der Waals surface area contributed by atoms with Gasteiger partial charge < -0.3 is 19.7 Å². The number of aromatic nitrogens is 1. The van der Waals surface area contributed by atoms with Crippen LogP contribution in [0.2, 0.25) is 0 Å². The van der Waals surface area contributed by atoms with Crippen molar-refractivity contribution >= 4 is 38.8 Å². The molecule has 256 valence electrons. The van der Waals surface area contributed by atoms with Crippen LogP contribution in [0.4, 0.5) is 11.4 Å². The van der Waals surface area contributed by atoms with Crippen LogP contribution in [0.5, 0.6) is 0 Å². The first-order valence-electron chi connectivity index (χ1n) is 17.9. The van der Waals surface area contributed by atoms with Crippen LogP contribution in [0.25, 0.3) is 33.1 Å². The Bertz CT molecular complexity index is 2410. The summed E-state index contributed by atoms with van der Waals surface area (Å²) in [7, 11) is 2.19. The normalized spacial score (nSPS) is 19.2. The summed E-state index contributed by atoms with van der Waals surface area (Å²) in [6, 6.07) is 43.4. The Kier molecular flexibility index (Phi) is 8.94. The van der Waals surface area contributed by atoms with Gasteiger partial charge in [-0.25, -0.2) is 0 Å². The van der Waals surface area contributed by atoms with E-state index in [1.54, 1.807) is 6.08 Å². The number of nitrogens with one attached hydrogen (secondary N) is 2. The van der Waals surface area contributed by atoms with Crippen LogP contribution >= 0.6 is 0 Å². The minimum Gasteiger partial charge on any atom is -0.367 e. The number of anilines is 2. The molecule has 0 spiro atoms. The summed E-state index contributed by atoms with van der Waals surface area (Å²) in [6.45, 7) is 10.5. The third-order valence-electron chi connectivity index (χ3n) is 10.1. The number of para-hydroxylation sites is 3. The lowest BCUT2D eigenvalue weighted by molar-refractivity contribution is 0.474. The van der Waals surface area contributed by atoms with Crippen LogP contribution in [0.1, 0.15) is 29.7 Å². The Morgan fingerprint density at radius 1 is 0.769 bits per heavy atom. The van der Waals surface area contributed by atoms with E-state index < -0.39 is 0 Å². The fraction of sp³-hybridized carbons (Fsp3) is 0.106. The molecule has 2 N–H and O–H groups in total. The van der Waals surface area contributed by atoms with Crippen molar-refractivity contribution in [1.82, 2.24) is 15.2 Å². The highest BCUT2D eigenvalue weighted by Gasteiger charge is 2.33. The molecule has 5 nitrogen and oxygen atoms in total. The Balaban J connectivity index is 0.00000125. The van der Waals surface area contributed by atoms with Gasteiger partial charge in [0.05, 0.1) is 22.8 Å². The third-order valence-corrected chi connectivity index (χ3v) is 10.1. The predicted molar refractivity (Wildman–Crippen MR) is 221 cm³/mol. The summed E-state index contributed by atoms with van der Waals surface area (Å²) < 4.78 is 2.37. The van der Waals surface area contributed by atoms with Crippen molar-refractivity contribution in [3.8, 4) is 5.69 Å². The molecule has 0 bridgehead atoms. The quantitative estimate of drug-likeness (QED) is 0.182. The SMILES string of the molecule is C=C1/C=C\C=C/N(C2=CC=C(C3NC(c4ccccc4)c4ccccc4N3C)CN2)c2c1ccc1c2c2ccccc2n1-c1ccccc1.C=CC. The summed E-state index contributed by atoms with van der Waals surface area (Å²) in [6.07, 6.45) is 14.7. The van der Waals surface area contributed by atoms with Gasteiger partial charge in [0.15, 0.2) is 0 Å². The van der Waals surface area contributed by atoms with Gasteiger partial charge in [-0.05, 0) is 71.7 Å². The van der Waals surface area contributed by atoms with Crippen molar-refractivity contribution < 1.29 is 0 Å². The van der Waals surface area contributed by atoms with Crippen molar-refractivity contribution in [3.05, 3.63) is 205 Å². The Morgan fingerprint density at radius 2 is 1.48 bits per heavy atom. The van der Waals surface area contributed by atoms with Crippen molar-refractivity contribution in [2.24, 2.45) is 0 Å². The summed E-state index contributed by atoms with van der Waals surface area (Å²) >= 11 is 0. The summed E-state index contributed by atoms with van der Waals surface area (Å²) in [5.41, 5.74) is 11.8. The number of nitrogens with zero attached hydrogens (tertiary/aromatic N) is 3. The average molecular weight is 678 g/mol. The van der Waals surface area contributed by atoms with Crippen molar-refractivity contribution in [2.45, 2.75) is 19.1 Å². The van der Waals surface area contributed by atoms with Gasteiger partial charge in [-0.2, -0.15) is 0 Å². The number of allylic oxidation sites excluding steroid dienone is 7. The highest BCUT2D eigenvalue weighted by atomic mass is 15.3. The second-order valence-corrected chi connectivity index (χ2v) is 13.3. The monoisotopic (exact) mass is 677 g/mol. The number of dihydropyridines is 1. The molecular weight excluding hydrogens is 635 g/mol. The maximum Gasteiger partial charge on any atom is 0.110 e. The van der Waals surface area contributed by atoms with E-state index in [-0.39, 0.29) is 12.2 Å². The summed E-state index contributed by atoms with van der Waals surface area (Å²) in [4.78, 5) is 4.67. The summed E-state index contributed by atoms with van der Waals surface area (Å²) in [5, 5.41) is 10.2. The van der Waals surface area contributed by atoms with Gasteiger partial charge >= 0.3 is 0 Å². The first-order chi connectivity index (χ1) is 25.6. The predicted octanol–water partition coefficient (Wildman–Crippen LogP) is 10.4. The number of benzene rings is 5. The van der Waals surface area contributed by atoms with E-state index in [0.29, 0.717) is 6.54 Å². The van der Waals surface area contributed by atoms with E-state index in [0.717, 1.165) is 33.8 Å². The van der Waals surface area contributed by atoms with Crippen molar-refractivity contribution in [2.75, 3.05) is 23.4 Å². The van der Waals surface area contributed by atoms with E-state index in [4.69, 9.17) is 0 Å². The topological polar surface area (TPSA) is 35.5 Å². The zero-order valence-corrected chi connectivity index (χ0v) is 29.7. The van der Waals surface area contributed by atoms with E-state index in [1.807, 2.05) is 6.92 Å². The van der Waals surface area contributed by atoms with Gasteiger partial charge in [0.25, 0.3) is 0 Å². The maximum absolute atomic E-state index is 4.50. The first kappa shape index (κ1) is 32.9. The van der Waals surface area contributed by atoms with Gasteiger partial charge in [0.2, 0.25) is 0 Å². The van der Waals surface area contributed by atoms with Crippen LogP contribution in [-0.4, -0.2) is 24.3 Å². The maximum atomic E-state index is 4.50. The highest BCUT2D eigenvalue weighted by molar-refractivity contribution is 6.17. The van der Waals surface area contributed by atoms with Crippen LogP contribution in [-0.2, 0) is 0 Å². The number of rotatable bonds is 4. The molecule has 0 amide bonds. The standard InChI is InChI=1S/C44H37N5.C3H6/c1-30-15-13-14-28-48(43-34(30)25-26-39-41(43)35-20-9-12-23-38(35)49(39)33-18-7-4-8-19-33)40-27-24-32(29-45-40)44-46-42(31-16-5-3-6-17-31)36-21-10-11-22-37(36)47(44)2;1-3-2/h3-28,42,44-46H,1,29H2,2H3;3H,1H2,2H3/b15-13-,28-14-;. The molecule has 5 aromatic carbocycles. The lowest BCUT2D eigenvalue weighted by Crippen LogP contribution is -2.53. The molecule has 2 unspecified atom stereocenters. The van der Waals surface area contributed by atoms with Gasteiger partial charge in [-0.1, -0.05) is 122 Å². The number of hydrogen-bond donors (Lipinski definition) is 2. The molecule has 2 atom stereocenters. The fourth-order valence-electron chi connectivity index (χ4n) is 7.76. The van der Waals surface area contributed by atoms with Crippen LogP contribution in [0, 0.1) is 0 Å². The van der Waals surface area contributed by atoms with Crippen molar-refractivity contribution in [3.63, 3.8) is 0 Å². The number of likely N-dealkylation sites (N-methyl/N-ethyl adjacent to an activating group) is 1. The van der Waals surface area contributed by atoms with E-state index in [2.05, 4.69) is 203 Å². The minimum atomic E-state index is 0.0267. The molecule has 5 heteroatoms. The largest absolute Gasteiger partial charge is 0.367 e. The van der Waals surface area contributed by atoms with E-state index in [1.165, 1.54) is 38.7 Å². The molecule has 0 fully saturated rings. The lowest BCUT2D eigenvalue weighted by Gasteiger charge is -2.43. The molecule has 0 radical (unpaired) electrons. The molecule has 4 heterocycles. The molecule has 1 aromatic heterocycles. The fourth-order valence-corrected chi connectivity index (χ4v) is 7.76. The first-order valence-corrected chi connectivity index (χ1v) is 17.9. The zero-order valence-electron chi connectivity index (χ0n) is 29.7. The zero-order chi connectivity index (χ0) is 35.6. The average Bonchev–Trinajstić information content (AvgIpc) is 3.53. The van der Waals surface area contributed by atoms with Gasteiger partial charge in [-0.3, -0.25) is 5.32 Å². The second-order valence-electron chi connectivity index (χ2n) is 13.3. The Morgan fingerprint density at radius 3 is 2.25 bits per heavy atom. The minimum absolute atomic E-state index is 0.0267. The second kappa shape index (κ2) is 14.1. The molecule has 52 heavy (non-hydrogen) atoms. The van der Waals surface area contributed by atoms with E-state index in [9.17, 15) is 0 Å². The van der Waals surface area contributed by atoms with Gasteiger partial charge in [0, 0.05) is 47.5 Å². The Hall–Kier alpha value is -6.30. The smallest absolute Gasteiger partial charge is 0.110 e. The molecule has 6 aromatic rings. The molecular formula is C47H43N5. The van der Waals surface area contributed by atoms with Crippen molar-refractivity contribution in [1.29, 1.82) is 0 Å². The molecule has 0 saturated heterocycles. The lowest BCUT2D eigenvalue weighted by atomic mass is 9.92.